The van der Waals surface area contributed by atoms with Gasteiger partial charge in [-0.05, 0) is 18.6 Å². The lowest BCUT2D eigenvalue weighted by molar-refractivity contribution is 0.0702. The van der Waals surface area contributed by atoms with E-state index in [2.05, 4.69) is 0 Å². The Labute approximate surface area is 129 Å². The quantitative estimate of drug-likeness (QED) is 0.836. The third kappa shape index (κ3) is 3.45. The Balaban J connectivity index is 1.66. The number of hydrogen-bond acceptors (Lipinski definition) is 5. The van der Waals surface area contributed by atoms with Gasteiger partial charge in [0.1, 0.15) is 5.76 Å². The van der Waals surface area contributed by atoms with Crippen molar-refractivity contribution >= 4 is 22.0 Å². The van der Waals surface area contributed by atoms with Gasteiger partial charge in [0.05, 0.1) is 24.7 Å². The van der Waals surface area contributed by atoms with Crippen LogP contribution in [0.4, 0.5) is 0 Å². The lowest BCUT2D eigenvalue weighted by Gasteiger charge is -2.31. The second kappa shape index (κ2) is 6.70. The summed E-state index contributed by atoms with van der Waals surface area (Å²) in [5, 5.41) is 0.241. The third-order valence-corrected chi connectivity index (χ3v) is 7.11. The molecule has 118 valence electrons. The van der Waals surface area contributed by atoms with Crippen molar-refractivity contribution in [2.75, 3.05) is 45.1 Å². The van der Waals surface area contributed by atoms with Gasteiger partial charge in [0, 0.05) is 31.9 Å². The van der Waals surface area contributed by atoms with Crippen LogP contribution in [0.1, 0.15) is 17.4 Å². The zero-order valence-electron chi connectivity index (χ0n) is 11.8. The first-order valence-corrected chi connectivity index (χ1v) is 9.60. The Morgan fingerprint density at radius 1 is 1.14 bits per heavy atom. The molecular weight excluding hydrogens is 312 g/mol. The summed E-state index contributed by atoms with van der Waals surface area (Å²) in [7, 11) is -3.36. The fraction of sp³-hybridized carbons (Fsp3) is 0.692. The first kappa shape index (κ1) is 15.4. The largest absolute Gasteiger partial charge is 0.468 e. The molecule has 1 aromatic heterocycles. The van der Waals surface area contributed by atoms with Crippen LogP contribution in [-0.2, 0) is 14.9 Å². The first-order chi connectivity index (χ1) is 10.2. The first-order valence-electron chi connectivity index (χ1n) is 7.16. The Morgan fingerprint density at radius 2 is 1.90 bits per heavy atom. The predicted octanol–water partition coefficient (Wildman–Crippen LogP) is 1.34. The zero-order chi connectivity index (χ0) is 14.7. The summed E-state index contributed by atoms with van der Waals surface area (Å²) in [5.74, 6) is 1.72. The number of furan rings is 1. The Bertz CT molecular complexity index is 541. The average molecular weight is 332 g/mol. The van der Waals surface area contributed by atoms with Gasteiger partial charge in [-0.2, -0.15) is 17.0 Å². The molecule has 0 aliphatic carbocycles. The molecule has 2 aliphatic rings. The second-order valence-electron chi connectivity index (χ2n) is 5.08. The summed E-state index contributed by atoms with van der Waals surface area (Å²) in [6.45, 7) is 2.97. The van der Waals surface area contributed by atoms with E-state index >= 15 is 0 Å². The standard InChI is InChI=1S/C13H20N2O4S2/c16-21(17,15-5-9-18-10-6-15)14-4-3-13(20-11-7-14)12-2-1-8-19-12/h1-2,8,13H,3-7,9-11H2/t13-/m1/s1. The molecule has 2 aliphatic heterocycles. The van der Waals surface area contributed by atoms with Crippen LogP contribution < -0.4 is 0 Å². The van der Waals surface area contributed by atoms with Crippen LogP contribution in [0.5, 0.6) is 0 Å². The van der Waals surface area contributed by atoms with E-state index in [4.69, 9.17) is 9.15 Å². The molecule has 0 bridgehead atoms. The van der Waals surface area contributed by atoms with Crippen molar-refractivity contribution in [2.24, 2.45) is 0 Å². The van der Waals surface area contributed by atoms with E-state index in [1.54, 1.807) is 22.3 Å². The van der Waals surface area contributed by atoms with E-state index in [0.29, 0.717) is 39.4 Å². The molecular formula is C13H20N2O4S2. The molecule has 6 nitrogen and oxygen atoms in total. The summed E-state index contributed by atoms with van der Waals surface area (Å²) in [6, 6.07) is 3.84. The van der Waals surface area contributed by atoms with Gasteiger partial charge in [0.2, 0.25) is 0 Å². The smallest absolute Gasteiger partial charge is 0.282 e. The Kier molecular flexibility index (Phi) is 4.90. The van der Waals surface area contributed by atoms with Crippen molar-refractivity contribution in [3.63, 3.8) is 0 Å². The van der Waals surface area contributed by atoms with E-state index in [-0.39, 0.29) is 5.25 Å². The minimum Gasteiger partial charge on any atom is -0.468 e. The maximum Gasteiger partial charge on any atom is 0.282 e. The van der Waals surface area contributed by atoms with Crippen LogP contribution in [0.3, 0.4) is 0 Å². The maximum atomic E-state index is 12.7. The molecule has 1 aromatic rings. The molecule has 0 spiro atoms. The van der Waals surface area contributed by atoms with Gasteiger partial charge >= 0.3 is 0 Å². The SMILES string of the molecule is O=S(=O)(N1CCOCC1)N1CCS[C@@H](c2ccco2)CC1. The van der Waals surface area contributed by atoms with Crippen molar-refractivity contribution in [2.45, 2.75) is 11.7 Å². The topological polar surface area (TPSA) is 63.0 Å². The summed E-state index contributed by atoms with van der Waals surface area (Å²) >= 11 is 1.77. The molecule has 21 heavy (non-hydrogen) atoms. The molecule has 0 aromatic carbocycles. The van der Waals surface area contributed by atoms with Gasteiger partial charge in [0.25, 0.3) is 10.2 Å². The molecule has 3 rings (SSSR count). The molecule has 0 unspecified atom stereocenters. The van der Waals surface area contributed by atoms with Crippen molar-refractivity contribution < 1.29 is 17.6 Å². The average Bonchev–Trinajstić information content (AvgIpc) is 2.92. The van der Waals surface area contributed by atoms with Crippen LogP contribution >= 0.6 is 11.8 Å². The van der Waals surface area contributed by atoms with Gasteiger partial charge in [-0.25, -0.2) is 0 Å². The van der Waals surface area contributed by atoms with E-state index < -0.39 is 10.2 Å². The van der Waals surface area contributed by atoms with Gasteiger partial charge in [0.15, 0.2) is 0 Å². The molecule has 3 heterocycles. The number of hydrogen-bond donors (Lipinski definition) is 0. The number of thioether (sulfide) groups is 1. The fourth-order valence-electron chi connectivity index (χ4n) is 2.62. The van der Waals surface area contributed by atoms with Crippen LogP contribution in [0, 0.1) is 0 Å². The molecule has 8 heteroatoms. The number of morpholine rings is 1. The van der Waals surface area contributed by atoms with Gasteiger partial charge in [-0.3, -0.25) is 0 Å². The van der Waals surface area contributed by atoms with Crippen LogP contribution in [-0.4, -0.2) is 62.2 Å². The molecule has 0 amide bonds. The third-order valence-electron chi connectivity index (χ3n) is 3.78. The maximum absolute atomic E-state index is 12.7. The van der Waals surface area contributed by atoms with Crippen molar-refractivity contribution in [1.82, 2.24) is 8.61 Å². The molecule has 0 saturated carbocycles. The van der Waals surface area contributed by atoms with E-state index in [1.165, 1.54) is 4.31 Å². The molecule has 1 atom stereocenters. The van der Waals surface area contributed by atoms with Crippen molar-refractivity contribution in [3.8, 4) is 0 Å². The summed E-state index contributed by atoms with van der Waals surface area (Å²) < 4.78 is 39.1. The summed E-state index contributed by atoms with van der Waals surface area (Å²) in [4.78, 5) is 0. The minimum atomic E-state index is -3.36. The van der Waals surface area contributed by atoms with Gasteiger partial charge in [-0.1, -0.05) is 0 Å². The summed E-state index contributed by atoms with van der Waals surface area (Å²) in [5.41, 5.74) is 0. The molecule has 0 radical (unpaired) electrons. The lowest BCUT2D eigenvalue weighted by atomic mass is 10.2. The highest BCUT2D eigenvalue weighted by molar-refractivity contribution is 7.99. The minimum absolute atomic E-state index is 0.241. The Hall–Kier alpha value is -0.540. The Morgan fingerprint density at radius 3 is 2.62 bits per heavy atom. The van der Waals surface area contributed by atoms with Gasteiger partial charge in [-0.15, -0.1) is 11.8 Å². The van der Waals surface area contributed by atoms with E-state index in [1.807, 2.05) is 12.1 Å². The molecule has 2 saturated heterocycles. The van der Waals surface area contributed by atoms with Crippen molar-refractivity contribution in [1.29, 1.82) is 0 Å². The predicted molar refractivity (Wildman–Crippen MR) is 81.4 cm³/mol. The second-order valence-corrected chi connectivity index (χ2v) is 8.32. The van der Waals surface area contributed by atoms with Crippen LogP contribution in [0.25, 0.3) is 0 Å². The fourth-order valence-corrected chi connectivity index (χ4v) is 5.51. The summed E-state index contributed by atoms with van der Waals surface area (Å²) in [6.07, 6.45) is 2.45. The number of ether oxygens (including phenoxy) is 1. The van der Waals surface area contributed by atoms with E-state index in [9.17, 15) is 8.42 Å². The van der Waals surface area contributed by atoms with Crippen LogP contribution in [0.2, 0.25) is 0 Å². The molecule has 0 N–H and O–H groups in total. The normalized spacial score (nSPS) is 26.6. The van der Waals surface area contributed by atoms with Gasteiger partial charge < -0.3 is 9.15 Å². The monoisotopic (exact) mass is 332 g/mol. The highest BCUT2D eigenvalue weighted by Crippen LogP contribution is 2.35. The highest BCUT2D eigenvalue weighted by Gasteiger charge is 2.33. The number of nitrogens with zero attached hydrogens (tertiary/aromatic N) is 2. The van der Waals surface area contributed by atoms with E-state index in [0.717, 1.165) is 17.9 Å². The molecule has 2 fully saturated rings. The number of rotatable bonds is 3. The lowest BCUT2D eigenvalue weighted by Crippen LogP contribution is -2.49. The van der Waals surface area contributed by atoms with Crippen LogP contribution in [0.15, 0.2) is 22.8 Å². The highest BCUT2D eigenvalue weighted by atomic mass is 32.2. The zero-order valence-corrected chi connectivity index (χ0v) is 13.4. The van der Waals surface area contributed by atoms with Crippen molar-refractivity contribution in [3.05, 3.63) is 24.2 Å².